The van der Waals surface area contributed by atoms with Gasteiger partial charge >= 0.3 is 6.18 Å². The molecule has 0 aliphatic heterocycles. The average Bonchev–Trinajstić information content (AvgIpc) is 3.08. The van der Waals surface area contributed by atoms with Crippen LogP contribution in [-0.4, -0.2) is 48.7 Å². The minimum Gasteiger partial charge on any atom is -0.310 e. The van der Waals surface area contributed by atoms with Gasteiger partial charge in [-0.05, 0) is 12.8 Å². The van der Waals surface area contributed by atoms with Crippen LogP contribution in [0.25, 0.3) is 0 Å². The number of H-pyrrole nitrogens is 1. The number of nitrogens with zero attached hydrogens (tertiary/aromatic N) is 2. The predicted molar refractivity (Wildman–Crippen MR) is 68.9 cm³/mol. The largest absolute Gasteiger partial charge is 0.390 e. The van der Waals surface area contributed by atoms with E-state index in [9.17, 15) is 21.6 Å². The van der Waals surface area contributed by atoms with Gasteiger partial charge in [-0.25, -0.2) is 8.42 Å². The van der Waals surface area contributed by atoms with Crippen molar-refractivity contribution in [2.75, 3.05) is 13.6 Å². The van der Waals surface area contributed by atoms with E-state index >= 15 is 0 Å². The first-order chi connectivity index (χ1) is 9.70. The van der Waals surface area contributed by atoms with Gasteiger partial charge in [0.05, 0.1) is 12.6 Å². The van der Waals surface area contributed by atoms with Crippen molar-refractivity contribution in [2.24, 2.45) is 0 Å². The molecule has 21 heavy (non-hydrogen) atoms. The standard InChI is InChI=1S/C11H17F3N4O2S/c1-18(5-4-11(12,13)14)21(19,20)10-8(7-16-17-10)6-15-9-2-3-9/h7,9,15H,2-6H2,1H3,(H,16,17). The third-order valence-electron chi connectivity index (χ3n) is 3.22. The number of hydrogen-bond acceptors (Lipinski definition) is 4. The molecule has 0 spiro atoms. The maximum atomic E-state index is 12.3. The van der Waals surface area contributed by atoms with E-state index in [1.807, 2.05) is 0 Å². The lowest BCUT2D eigenvalue weighted by Gasteiger charge is -2.17. The number of hydrogen-bond donors (Lipinski definition) is 2. The Morgan fingerprint density at radius 3 is 2.71 bits per heavy atom. The molecule has 0 unspecified atom stereocenters. The summed E-state index contributed by atoms with van der Waals surface area (Å²) in [6, 6.07) is 0.387. The van der Waals surface area contributed by atoms with Gasteiger partial charge in [-0.3, -0.25) is 5.10 Å². The van der Waals surface area contributed by atoms with Crippen LogP contribution in [0.4, 0.5) is 13.2 Å². The van der Waals surface area contributed by atoms with E-state index in [4.69, 9.17) is 0 Å². The zero-order valence-corrected chi connectivity index (χ0v) is 12.3. The molecule has 1 heterocycles. The van der Waals surface area contributed by atoms with Crippen molar-refractivity contribution in [3.63, 3.8) is 0 Å². The van der Waals surface area contributed by atoms with Crippen LogP contribution in [0.15, 0.2) is 11.2 Å². The minimum atomic E-state index is -4.39. The van der Waals surface area contributed by atoms with Gasteiger partial charge in [0.25, 0.3) is 10.0 Å². The molecule has 1 aromatic heterocycles. The van der Waals surface area contributed by atoms with E-state index in [0.717, 1.165) is 19.9 Å². The van der Waals surface area contributed by atoms with Gasteiger partial charge in [0.2, 0.25) is 0 Å². The van der Waals surface area contributed by atoms with Crippen LogP contribution < -0.4 is 5.32 Å². The molecule has 1 saturated carbocycles. The van der Waals surface area contributed by atoms with Gasteiger partial charge in [-0.1, -0.05) is 0 Å². The fourth-order valence-electron chi connectivity index (χ4n) is 1.75. The number of alkyl halides is 3. The Kier molecular flexibility index (Phi) is 4.59. The topological polar surface area (TPSA) is 78.1 Å². The molecule has 0 saturated heterocycles. The lowest BCUT2D eigenvalue weighted by atomic mass is 10.3. The number of halogens is 3. The highest BCUT2D eigenvalue weighted by Crippen LogP contribution is 2.23. The highest BCUT2D eigenvalue weighted by atomic mass is 32.2. The highest BCUT2D eigenvalue weighted by Gasteiger charge is 2.32. The fourth-order valence-corrected chi connectivity index (χ4v) is 3.02. The van der Waals surface area contributed by atoms with Crippen molar-refractivity contribution in [1.29, 1.82) is 0 Å². The molecule has 0 atom stereocenters. The second-order valence-corrected chi connectivity index (χ2v) is 7.05. The highest BCUT2D eigenvalue weighted by molar-refractivity contribution is 7.89. The summed E-state index contributed by atoms with van der Waals surface area (Å²) in [6.45, 7) is -0.302. The molecule has 0 radical (unpaired) electrons. The molecule has 0 amide bonds. The van der Waals surface area contributed by atoms with Gasteiger partial charge in [0.1, 0.15) is 0 Å². The monoisotopic (exact) mass is 326 g/mol. The second-order valence-electron chi connectivity index (χ2n) is 5.07. The summed E-state index contributed by atoms with van der Waals surface area (Å²) in [4.78, 5) is 0. The van der Waals surface area contributed by atoms with E-state index < -0.39 is 29.2 Å². The van der Waals surface area contributed by atoms with Crippen LogP contribution in [0, 0.1) is 0 Å². The number of aromatic amines is 1. The summed E-state index contributed by atoms with van der Waals surface area (Å²) in [7, 11) is -2.88. The summed E-state index contributed by atoms with van der Waals surface area (Å²) in [6.07, 6.45) is -2.11. The minimum absolute atomic E-state index is 0.152. The Morgan fingerprint density at radius 2 is 2.14 bits per heavy atom. The van der Waals surface area contributed by atoms with Gasteiger partial charge < -0.3 is 5.32 Å². The van der Waals surface area contributed by atoms with Crippen molar-refractivity contribution < 1.29 is 21.6 Å². The Morgan fingerprint density at radius 1 is 1.48 bits per heavy atom. The molecule has 1 aliphatic carbocycles. The summed E-state index contributed by atoms with van der Waals surface area (Å²) in [5.41, 5.74) is 0.431. The zero-order chi connectivity index (χ0) is 15.7. The summed E-state index contributed by atoms with van der Waals surface area (Å²) in [5.74, 6) is 0. The Balaban J connectivity index is 2.05. The van der Waals surface area contributed by atoms with E-state index in [2.05, 4.69) is 15.5 Å². The quantitative estimate of drug-likeness (QED) is 0.790. The third-order valence-corrected chi connectivity index (χ3v) is 5.09. The normalized spacial score (nSPS) is 16.6. The number of nitrogens with one attached hydrogen (secondary N) is 2. The first-order valence-electron chi connectivity index (χ1n) is 6.49. The van der Waals surface area contributed by atoms with Crippen LogP contribution in [-0.2, 0) is 16.6 Å². The van der Waals surface area contributed by atoms with Crippen molar-refractivity contribution >= 4 is 10.0 Å². The van der Waals surface area contributed by atoms with E-state index in [-0.39, 0.29) is 5.03 Å². The van der Waals surface area contributed by atoms with Crippen molar-refractivity contribution in [1.82, 2.24) is 19.8 Å². The summed E-state index contributed by atoms with van der Waals surface area (Å²) >= 11 is 0. The Bertz CT molecular complexity index is 581. The molecule has 1 fully saturated rings. The first-order valence-corrected chi connectivity index (χ1v) is 7.93. The van der Waals surface area contributed by atoms with Crippen molar-refractivity contribution in [2.45, 2.75) is 43.1 Å². The van der Waals surface area contributed by atoms with Crippen LogP contribution in [0.1, 0.15) is 24.8 Å². The molecule has 0 bridgehead atoms. The molecule has 6 nitrogen and oxygen atoms in total. The van der Waals surface area contributed by atoms with Crippen molar-refractivity contribution in [3.05, 3.63) is 11.8 Å². The van der Waals surface area contributed by atoms with Gasteiger partial charge in [0, 0.05) is 31.7 Å². The third kappa shape index (κ3) is 4.42. The lowest BCUT2D eigenvalue weighted by Crippen LogP contribution is -2.32. The smallest absolute Gasteiger partial charge is 0.310 e. The molecule has 0 aromatic carbocycles. The maximum Gasteiger partial charge on any atom is 0.390 e. The van der Waals surface area contributed by atoms with Gasteiger partial charge in [0.15, 0.2) is 5.03 Å². The molecule has 10 heteroatoms. The molecule has 2 N–H and O–H groups in total. The maximum absolute atomic E-state index is 12.3. The number of aromatic nitrogens is 2. The van der Waals surface area contributed by atoms with Crippen LogP contribution >= 0.6 is 0 Å². The van der Waals surface area contributed by atoms with E-state index in [0.29, 0.717) is 22.5 Å². The second kappa shape index (κ2) is 5.93. The van der Waals surface area contributed by atoms with Gasteiger partial charge in [-0.15, -0.1) is 0 Å². The summed E-state index contributed by atoms with van der Waals surface area (Å²) in [5, 5.41) is 9.04. The molecule has 1 aromatic rings. The van der Waals surface area contributed by atoms with E-state index in [1.54, 1.807) is 0 Å². The lowest BCUT2D eigenvalue weighted by molar-refractivity contribution is -0.135. The first kappa shape index (κ1) is 16.2. The molecular weight excluding hydrogens is 309 g/mol. The fraction of sp³-hybridized carbons (Fsp3) is 0.727. The SMILES string of the molecule is CN(CCC(F)(F)F)S(=O)(=O)c1[nH]ncc1CNC1CC1. The number of sulfonamides is 1. The van der Waals surface area contributed by atoms with E-state index in [1.165, 1.54) is 6.20 Å². The Hall–Kier alpha value is -1.13. The average molecular weight is 326 g/mol. The Labute approximate surface area is 120 Å². The molecule has 2 rings (SSSR count). The van der Waals surface area contributed by atoms with Crippen LogP contribution in [0.5, 0.6) is 0 Å². The zero-order valence-electron chi connectivity index (χ0n) is 11.4. The van der Waals surface area contributed by atoms with Gasteiger partial charge in [-0.2, -0.15) is 22.6 Å². The molecular formula is C11H17F3N4O2S. The van der Waals surface area contributed by atoms with Crippen molar-refractivity contribution in [3.8, 4) is 0 Å². The molecule has 1 aliphatic rings. The molecule has 120 valence electrons. The predicted octanol–water partition coefficient (Wildman–Crippen LogP) is 1.23. The van der Waals surface area contributed by atoms with Crippen LogP contribution in [0.2, 0.25) is 0 Å². The summed E-state index contributed by atoms with van der Waals surface area (Å²) < 4.78 is 61.8. The number of rotatable bonds is 7. The van der Waals surface area contributed by atoms with Crippen LogP contribution in [0.3, 0.4) is 0 Å².